The minimum atomic E-state index is 0.385. The minimum absolute atomic E-state index is 0.385. The van der Waals surface area contributed by atoms with Crippen LogP contribution in [0.15, 0.2) is 24.3 Å². The van der Waals surface area contributed by atoms with Crippen LogP contribution in [0.2, 0.25) is 0 Å². The predicted octanol–water partition coefficient (Wildman–Crippen LogP) is 2.08. The van der Waals surface area contributed by atoms with Gasteiger partial charge in [-0.1, -0.05) is 18.2 Å². The molecule has 1 unspecified atom stereocenters. The van der Waals surface area contributed by atoms with Crippen LogP contribution >= 0.6 is 12.6 Å². The van der Waals surface area contributed by atoms with Gasteiger partial charge in [0, 0.05) is 17.5 Å². The van der Waals surface area contributed by atoms with E-state index in [1.165, 1.54) is 11.3 Å². The Kier molecular flexibility index (Phi) is 1.34. The number of anilines is 1. The first kappa shape index (κ1) is 6.10. The summed E-state index contributed by atoms with van der Waals surface area (Å²) in [5.74, 6) is 0. The highest BCUT2D eigenvalue weighted by atomic mass is 32.1. The van der Waals surface area contributed by atoms with Crippen LogP contribution in [0.3, 0.4) is 0 Å². The first-order chi connectivity index (χ1) is 4.88. The Morgan fingerprint density at radius 3 is 3.00 bits per heavy atom. The van der Waals surface area contributed by atoms with Gasteiger partial charge in [-0.15, -0.1) is 0 Å². The van der Waals surface area contributed by atoms with Crippen molar-refractivity contribution in [3.8, 4) is 0 Å². The van der Waals surface area contributed by atoms with Gasteiger partial charge in [0.25, 0.3) is 0 Å². The van der Waals surface area contributed by atoms with Gasteiger partial charge in [-0.3, -0.25) is 0 Å². The maximum atomic E-state index is 4.41. The van der Waals surface area contributed by atoms with Gasteiger partial charge in [-0.25, -0.2) is 0 Å². The summed E-state index contributed by atoms with van der Waals surface area (Å²) in [6, 6.07) is 8.30. The lowest BCUT2D eigenvalue weighted by molar-refractivity contribution is 1.08. The number of hydrogen-bond donors (Lipinski definition) is 2. The fraction of sp³-hybridized carbons (Fsp3) is 0.250. The van der Waals surface area contributed by atoms with E-state index >= 15 is 0 Å². The van der Waals surface area contributed by atoms with Gasteiger partial charge in [0.1, 0.15) is 0 Å². The van der Waals surface area contributed by atoms with Crippen molar-refractivity contribution in [3.05, 3.63) is 29.8 Å². The van der Waals surface area contributed by atoms with Crippen LogP contribution < -0.4 is 5.32 Å². The third-order valence-electron chi connectivity index (χ3n) is 1.81. The zero-order valence-electron chi connectivity index (χ0n) is 5.54. The van der Waals surface area contributed by atoms with Crippen LogP contribution in [-0.4, -0.2) is 6.54 Å². The lowest BCUT2D eigenvalue weighted by Crippen LogP contribution is -1.93. The number of fused-ring (bicyclic) bond motifs is 1. The van der Waals surface area contributed by atoms with Crippen molar-refractivity contribution in [3.63, 3.8) is 0 Å². The van der Waals surface area contributed by atoms with Crippen molar-refractivity contribution < 1.29 is 0 Å². The molecule has 0 aliphatic carbocycles. The van der Waals surface area contributed by atoms with E-state index in [2.05, 4.69) is 36.1 Å². The highest BCUT2D eigenvalue weighted by molar-refractivity contribution is 7.80. The molecule has 1 nitrogen and oxygen atoms in total. The first-order valence-electron chi connectivity index (χ1n) is 3.39. The summed E-state index contributed by atoms with van der Waals surface area (Å²) in [5.41, 5.74) is 2.56. The molecule has 0 radical (unpaired) electrons. The number of thiol groups is 1. The van der Waals surface area contributed by atoms with E-state index in [-0.39, 0.29) is 0 Å². The van der Waals surface area contributed by atoms with Crippen molar-refractivity contribution >= 4 is 18.3 Å². The number of hydrogen-bond acceptors (Lipinski definition) is 2. The lowest BCUT2D eigenvalue weighted by Gasteiger charge is -1.98. The second-order valence-electron chi connectivity index (χ2n) is 2.48. The largest absolute Gasteiger partial charge is 0.383 e. The molecular formula is C8H9NS. The topological polar surface area (TPSA) is 12.0 Å². The van der Waals surface area contributed by atoms with E-state index in [1.807, 2.05) is 6.07 Å². The van der Waals surface area contributed by atoms with Crippen LogP contribution in [0.4, 0.5) is 5.69 Å². The highest BCUT2D eigenvalue weighted by Crippen LogP contribution is 2.32. The fourth-order valence-corrected chi connectivity index (χ4v) is 1.58. The van der Waals surface area contributed by atoms with Crippen molar-refractivity contribution in [1.29, 1.82) is 0 Å². The zero-order valence-corrected chi connectivity index (χ0v) is 6.44. The van der Waals surface area contributed by atoms with Crippen molar-refractivity contribution in [2.24, 2.45) is 0 Å². The molecule has 1 N–H and O–H groups in total. The third kappa shape index (κ3) is 0.797. The summed E-state index contributed by atoms with van der Waals surface area (Å²) in [7, 11) is 0. The van der Waals surface area contributed by atoms with Gasteiger partial charge in [0.2, 0.25) is 0 Å². The Bertz CT molecular complexity index is 247. The second kappa shape index (κ2) is 2.20. The second-order valence-corrected chi connectivity index (χ2v) is 3.11. The number of nitrogens with one attached hydrogen (secondary N) is 1. The summed E-state index contributed by atoms with van der Waals surface area (Å²) in [5, 5.41) is 3.66. The summed E-state index contributed by atoms with van der Waals surface area (Å²) >= 11 is 4.41. The van der Waals surface area contributed by atoms with Gasteiger partial charge in [0.05, 0.1) is 0 Å². The molecule has 52 valence electrons. The minimum Gasteiger partial charge on any atom is -0.383 e. The van der Waals surface area contributed by atoms with Crippen molar-refractivity contribution in [1.82, 2.24) is 0 Å². The van der Waals surface area contributed by atoms with Gasteiger partial charge < -0.3 is 5.32 Å². The molecule has 0 fully saturated rings. The summed E-state index contributed by atoms with van der Waals surface area (Å²) in [6.45, 7) is 0.961. The van der Waals surface area contributed by atoms with E-state index in [9.17, 15) is 0 Å². The van der Waals surface area contributed by atoms with E-state index in [0.29, 0.717) is 5.25 Å². The Hall–Kier alpha value is -0.630. The molecule has 0 saturated carbocycles. The molecule has 0 bridgehead atoms. The molecule has 1 aromatic rings. The van der Waals surface area contributed by atoms with Crippen molar-refractivity contribution in [2.45, 2.75) is 5.25 Å². The molecule has 0 aromatic heterocycles. The quantitative estimate of drug-likeness (QED) is 0.541. The Morgan fingerprint density at radius 2 is 2.20 bits per heavy atom. The molecule has 1 heterocycles. The lowest BCUT2D eigenvalue weighted by atomic mass is 10.2. The molecule has 0 spiro atoms. The summed E-state index contributed by atoms with van der Waals surface area (Å²) in [4.78, 5) is 0. The molecular weight excluding hydrogens is 142 g/mol. The van der Waals surface area contributed by atoms with Gasteiger partial charge >= 0.3 is 0 Å². The van der Waals surface area contributed by atoms with Gasteiger partial charge in [-0.05, 0) is 11.6 Å². The Labute approximate surface area is 65.9 Å². The molecule has 1 aliphatic heterocycles. The van der Waals surface area contributed by atoms with Crippen molar-refractivity contribution in [2.75, 3.05) is 11.9 Å². The molecule has 1 atom stereocenters. The van der Waals surface area contributed by atoms with Gasteiger partial charge in [0.15, 0.2) is 0 Å². The molecule has 2 rings (SSSR count). The molecule has 10 heavy (non-hydrogen) atoms. The number of benzene rings is 1. The van der Waals surface area contributed by atoms with E-state index < -0.39 is 0 Å². The third-order valence-corrected chi connectivity index (χ3v) is 2.27. The Balaban J connectivity index is 2.51. The SMILES string of the molecule is SC1CNc2ccccc21. The van der Waals surface area contributed by atoms with Crippen LogP contribution in [0.25, 0.3) is 0 Å². The van der Waals surface area contributed by atoms with Gasteiger partial charge in [-0.2, -0.15) is 12.6 Å². The maximum absolute atomic E-state index is 4.41. The van der Waals surface area contributed by atoms with Crippen LogP contribution in [-0.2, 0) is 0 Å². The average Bonchev–Trinajstić information content (AvgIpc) is 2.34. The van der Waals surface area contributed by atoms with E-state index in [1.54, 1.807) is 0 Å². The predicted molar refractivity (Wildman–Crippen MR) is 46.7 cm³/mol. The van der Waals surface area contributed by atoms with Crippen LogP contribution in [0, 0.1) is 0 Å². The average molecular weight is 151 g/mol. The number of rotatable bonds is 0. The molecule has 1 aliphatic rings. The maximum Gasteiger partial charge on any atom is 0.0460 e. The van der Waals surface area contributed by atoms with Crippen LogP contribution in [0.5, 0.6) is 0 Å². The number of para-hydroxylation sites is 1. The monoisotopic (exact) mass is 151 g/mol. The zero-order chi connectivity index (χ0) is 6.97. The smallest absolute Gasteiger partial charge is 0.0460 e. The van der Waals surface area contributed by atoms with E-state index in [4.69, 9.17) is 0 Å². The standard InChI is InChI=1S/C8H9NS/c10-8-5-9-7-4-2-1-3-6(7)8/h1-4,8-10H,5H2. The summed E-state index contributed by atoms with van der Waals surface area (Å²) in [6.07, 6.45) is 0. The Morgan fingerprint density at radius 1 is 1.40 bits per heavy atom. The van der Waals surface area contributed by atoms with Crippen LogP contribution in [0.1, 0.15) is 10.8 Å². The molecule has 0 saturated heterocycles. The fourth-order valence-electron chi connectivity index (χ4n) is 1.27. The summed E-state index contributed by atoms with van der Waals surface area (Å²) < 4.78 is 0. The molecule has 1 aromatic carbocycles. The molecule has 0 amide bonds. The highest BCUT2D eigenvalue weighted by Gasteiger charge is 2.16. The first-order valence-corrected chi connectivity index (χ1v) is 3.90. The molecule has 2 heteroatoms. The normalized spacial score (nSPS) is 21.9. The van der Waals surface area contributed by atoms with E-state index in [0.717, 1.165) is 6.54 Å².